The van der Waals surface area contributed by atoms with Crippen molar-refractivity contribution in [2.24, 2.45) is 5.92 Å². The van der Waals surface area contributed by atoms with E-state index in [1.165, 1.54) is 11.1 Å². The normalized spacial score (nSPS) is 35.2. The number of nitrogens with zero attached hydrogens (tertiary/aromatic N) is 1. The zero-order valence-electron chi connectivity index (χ0n) is 13.5. The molecule has 2 heterocycles. The minimum absolute atomic E-state index is 0.187. The first-order valence-electron chi connectivity index (χ1n) is 8.86. The zero-order chi connectivity index (χ0) is 16.1. The fraction of sp³-hybridized carbons (Fsp3) is 0.381. The van der Waals surface area contributed by atoms with Crippen LogP contribution in [0.1, 0.15) is 35.3 Å². The highest BCUT2D eigenvalue weighted by Crippen LogP contribution is 2.58. The van der Waals surface area contributed by atoms with E-state index in [0.29, 0.717) is 29.2 Å². The van der Waals surface area contributed by atoms with Crippen LogP contribution < -0.4 is 0 Å². The molecule has 2 unspecified atom stereocenters. The molecule has 0 aromatic heterocycles. The van der Waals surface area contributed by atoms with E-state index in [1.54, 1.807) is 0 Å². The monoisotopic (exact) mass is 335 g/mol. The van der Waals surface area contributed by atoms with Crippen molar-refractivity contribution in [3.8, 4) is 0 Å². The van der Waals surface area contributed by atoms with Crippen molar-refractivity contribution in [3.63, 3.8) is 0 Å². The fourth-order valence-corrected chi connectivity index (χ4v) is 6.69. The molecule has 5 rings (SSSR count). The number of benzene rings is 2. The maximum absolute atomic E-state index is 12.8. The van der Waals surface area contributed by atoms with Crippen molar-refractivity contribution in [2.45, 2.75) is 36.2 Å². The van der Waals surface area contributed by atoms with Gasteiger partial charge < -0.3 is 0 Å². The number of Topliss-reactive ketones (excluding diaryl/α,β-unsaturated/α-hetero) is 1. The van der Waals surface area contributed by atoms with Crippen LogP contribution in [0.5, 0.6) is 0 Å². The Morgan fingerprint density at radius 2 is 1.50 bits per heavy atom. The molecule has 1 saturated carbocycles. The first kappa shape index (κ1) is 14.7. The highest BCUT2D eigenvalue weighted by molar-refractivity contribution is 7.99. The van der Waals surface area contributed by atoms with Gasteiger partial charge in [0.15, 0.2) is 0 Å². The van der Waals surface area contributed by atoms with Crippen molar-refractivity contribution < 1.29 is 4.79 Å². The third kappa shape index (κ3) is 2.11. The molecular weight excluding hydrogens is 314 g/mol. The second-order valence-electron chi connectivity index (χ2n) is 7.15. The number of fused-ring (bicyclic) bond motifs is 5. The van der Waals surface area contributed by atoms with Gasteiger partial charge in [0.1, 0.15) is 5.78 Å². The third-order valence-electron chi connectivity index (χ3n) is 6.00. The molecule has 5 atom stereocenters. The van der Waals surface area contributed by atoms with Gasteiger partial charge in [-0.05, 0) is 17.5 Å². The van der Waals surface area contributed by atoms with Crippen molar-refractivity contribution in [2.75, 3.05) is 5.75 Å². The first-order valence-corrected chi connectivity index (χ1v) is 9.91. The molecule has 2 saturated heterocycles. The molecule has 2 bridgehead atoms. The molecule has 0 radical (unpaired) electrons. The zero-order valence-corrected chi connectivity index (χ0v) is 14.4. The number of hydrogen-bond donors (Lipinski definition) is 0. The lowest BCUT2D eigenvalue weighted by Gasteiger charge is -2.34. The van der Waals surface area contributed by atoms with Crippen LogP contribution in [-0.2, 0) is 4.79 Å². The van der Waals surface area contributed by atoms with Crippen molar-refractivity contribution in [1.29, 1.82) is 0 Å². The van der Waals surface area contributed by atoms with Crippen LogP contribution in [-0.4, -0.2) is 28.5 Å². The Kier molecular flexibility index (Phi) is 3.53. The Morgan fingerprint density at radius 1 is 0.833 bits per heavy atom. The molecule has 2 aliphatic heterocycles. The van der Waals surface area contributed by atoms with Crippen molar-refractivity contribution in [3.05, 3.63) is 71.8 Å². The lowest BCUT2D eigenvalue weighted by molar-refractivity contribution is -0.124. The molecule has 0 amide bonds. The van der Waals surface area contributed by atoms with E-state index >= 15 is 0 Å². The Hall–Kier alpha value is -1.58. The van der Waals surface area contributed by atoms with Crippen LogP contribution in [0.25, 0.3) is 0 Å². The van der Waals surface area contributed by atoms with Crippen LogP contribution in [0.4, 0.5) is 0 Å². The predicted molar refractivity (Wildman–Crippen MR) is 98.0 cm³/mol. The number of rotatable bonds is 2. The summed E-state index contributed by atoms with van der Waals surface area (Å²) in [6, 6.07) is 22.5. The van der Waals surface area contributed by atoms with E-state index < -0.39 is 0 Å². The number of ketones is 1. The first-order chi connectivity index (χ1) is 11.8. The van der Waals surface area contributed by atoms with E-state index in [-0.39, 0.29) is 5.92 Å². The molecule has 1 aliphatic carbocycles. The van der Waals surface area contributed by atoms with E-state index in [2.05, 4.69) is 65.6 Å². The van der Waals surface area contributed by atoms with Gasteiger partial charge in [-0.15, -0.1) is 11.8 Å². The number of thioether (sulfide) groups is 1. The molecule has 122 valence electrons. The molecule has 3 aliphatic rings. The van der Waals surface area contributed by atoms with Gasteiger partial charge in [-0.3, -0.25) is 9.69 Å². The second-order valence-corrected chi connectivity index (χ2v) is 8.26. The summed E-state index contributed by atoms with van der Waals surface area (Å²) in [7, 11) is 0. The van der Waals surface area contributed by atoms with Gasteiger partial charge in [0.05, 0.1) is 5.37 Å². The molecular formula is C21H21NOS. The predicted octanol–water partition coefficient (Wildman–Crippen LogP) is 4.25. The summed E-state index contributed by atoms with van der Waals surface area (Å²) in [4.78, 5) is 15.5. The Bertz CT molecular complexity index is 747. The largest absolute Gasteiger partial charge is 0.299 e. The summed E-state index contributed by atoms with van der Waals surface area (Å²) in [5, 5.41) is 0.406. The third-order valence-corrected chi connectivity index (χ3v) is 7.37. The highest BCUT2D eigenvalue weighted by atomic mass is 32.2. The summed E-state index contributed by atoms with van der Waals surface area (Å²) >= 11 is 2.02. The Balaban J connectivity index is 1.57. The lowest BCUT2D eigenvalue weighted by Crippen LogP contribution is -2.35. The lowest BCUT2D eigenvalue weighted by atomic mass is 9.73. The van der Waals surface area contributed by atoms with Gasteiger partial charge in [-0.1, -0.05) is 60.7 Å². The molecule has 3 heteroatoms. The molecule has 2 aromatic carbocycles. The van der Waals surface area contributed by atoms with Gasteiger partial charge >= 0.3 is 0 Å². The molecule has 0 N–H and O–H groups in total. The number of hydrogen-bond acceptors (Lipinski definition) is 3. The topological polar surface area (TPSA) is 20.3 Å². The Morgan fingerprint density at radius 3 is 2.21 bits per heavy atom. The van der Waals surface area contributed by atoms with Crippen LogP contribution in [0.2, 0.25) is 0 Å². The number of carbonyl (C=O) groups excluding carboxylic acids is 1. The van der Waals surface area contributed by atoms with Gasteiger partial charge in [0.25, 0.3) is 0 Å². The van der Waals surface area contributed by atoms with Gasteiger partial charge in [0, 0.05) is 36.1 Å². The smallest absolute Gasteiger partial charge is 0.138 e. The number of carbonyl (C=O) groups is 1. The van der Waals surface area contributed by atoms with Crippen molar-refractivity contribution in [1.82, 2.24) is 4.90 Å². The fourth-order valence-electron chi connectivity index (χ4n) is 5.10. The van der Waals surface area contributed by atoms with Crippen LogP contribution >= 0.6 is 11.8 Å². The van der Waals surface area contributed by atoms with E-state index in [4.69, 9.17) is 0 Å². The van der Waals surface area contributed by atoms with E-state index in [1.807, 2.05) is 11.8 Å². The maximum atomic E-state index is 12.8. The second kappa shape index (κ2) is 5.75. The summed E-state index contributed by atoms with van der Waals surface area (Å²) < 4.78 is 0. The standard InChI is InChI=1S/C21H21NOS/c23-18-12-11-16-19(14-7-3-1-4-8-14)20(18)17-13-24-21(22(16)17)15-9-5-2-6-10-15/h1-10,16-17,19-21H,11-13H2/t16-,17?,19?,20+,21-/m1/s1. The van der Waals surface area contributed by atoms with Crippen LogP contribution in [0, 0.1) is 5.92 Å². The molecule has 0 spiro atoms. The highest BCUT2D eigenvalue weighted by Gasteiger charge is 2.59. The summed E-state index contributed by atoms with van der Waals surface area (Å²) in [6.07, 6.45) is 1.77. The van der Waals surface area contributed by atoms with Crippen molar-refractivity contribution >= 4 is 17.5 Å². The minimum Gasteiger partial charge on any atom is -0.299 e. The summed E-state index contributed by atoms with van der Waals surface area (Å²) in [6.45, 7) is 0. The average Bonchev–Trinajstić information content (AvgIpc) is 3.16. The molecule has 2 aromatic rings. The van der Waals surface area contributed by atoms with Gasteiger partial charge in [-0.2, -0.15) is 0 Å². The van der Waals surface area contributed by atoms with Crippen LogP contribution in [0.15, 0.2) is 60.7 Å². The van der Waals surface area contributed by atoms with Crippen LogP contribution in [0.3, 0.4) is 0 Å². The van der Waals surface area contributed by atoms with Gasteiger partial charge in [-0.25, -0.2) is 0 Å². The van der Waals surface area contributed by atoms with E-state index in [0.717, 1.165) is 18.6 Å². The quantitative estimate of drug-likeness (QED) is 0.818. The molecule has 3 fully saturated rings. The summed E-state index contributed by atoms with van der Waals surface area (Å²) in [5.41, 5.74) is 2.74. The average molecular weight is 335 g/mol. The summed E-state index contributed by atoms with van der Waals surface area (Å²) in [5.74, 6) is 2.13. The Labute approximate surface area is 147 Å². The SMILES string of the molecule is O=C1CC[C@@H]2C(c3ccccc3)[C@H]1C1CS[C@H](c3ccccc3)N12. The minimum atomic E-state index is 0.187. The maximum Gasteiger partial charge on any atom is 0.138 e. The van der Waals surface area contributed by atoms with Gasteiger partial charge in [0.2, 0.25) is 0 Å². The molecule has 24 heavy (non-hydrogen) atoms. The van der Waals surface area contributed by atoms with E-state index in [9.17, 15) is 4.79 Å². The molecule has 2 nitrogen and oxygen atoms in total.